The average molecular weight is 313 g/mol. The smallest absolute Gasteiger partial charge is 0.0116 e. The lowest BCUT2D eigenvalue weighted by Gasteiger charge is -2.11. The zero-order chi connectivity index (χ0) is 14.3. The Morgan fingerprint density at radius 3 is 2.29 bits per heavy atom. The summed E-state index contributed by atoms with van der Waals surface area (Å²) >= 11 is 3.86. The van der Waals surface area contributed by atoms with Gasteiger partial charge in [-0.3, -0.25) is 0 Å². The van der Waals surface area contributed by atoms with E-state index in [9.17, 15) is 0 Å². The minimum absolute atomic E-state index is 0.756. The van der Waals surface area contributed by atoms with Crippen molar-refractivity contribution in [3.63, 3.8) is 0 Å². The Hall–Kier alpha value is -1.12. The predicted octanol–water partition coefficient (Wildman–Crippen LogP) is 6.26. The van der Waals surface area contributed by atoms with Crippen molar-refractivity contribution in [3.8, 4) is 0 Å². The second-order valence-electron chi connectivity index (χ2n) is 5.34. The van der Waals surface area contributed by atoms with Crippen molar-refractivity contribution in [2.24, 2.45) is 5.92 Å². The summed E-state index contributed by atoms with van der Waals surface area (Å²) < 4.78 is 0. The molecule has 1 saturated carbocycles. The molecule has 0 spiro atoms. The molecule has 2 heteroatoms. The molecule has 108 valence electrons. The van der Waals surface area contributed by atoms with Crippen molar-refractivity contribution < 1.29 is 0 Å². The largest absolute Gasteiger partial charge is 0.126 e. The summed E-state index contributed by atoms with van der Waals surface area (Å²) in [6.45, 7) is 0. The van der Waals surface area contributed by atoms with E-state index in [0.717, 1.165) is 5.92 Å². The lowest BCUT2D eigenvalue weighted by Crippen LogP contribution is -1.99. The highest BCUT2D eigenvalue weighted by atomic mass is 32.2. The van der Waals surface area contributed by atoms with Gasteiger partial charge in [0.05, 0.1) is 0 Å². The molecule has 1 fully saturated rings. The molecular weight excluding hydrogens is 292 g/mol. The number of rotatable bonds is 5. The summed E-state index contributed by atoms with van der Waals surface area (Å²) in [6, 6.07) is 21.4. The Kier molecular flexibility index (Phi) is 5.47. The van der Waals surface area contributed by atoms with E-state index < -0.39 is 0 Å². The summed E-state index contributed by atoms with van der Waals surface area (Å²) in [4.78, 5) is 2.73. The number of thioether (sulfide) groups is 2. The lowest BCUT2D eigenvalue weighted by molar-refractivity contribution is 0.707. The molecule has 1 atom stereocenters. The van der Waals surface area contributed by atoms with E-state index >= 15 is 0 Å². The first-order valence-electron chi connectivity index (χ1n) is 7.50. The minimum atomic E-state index is 0.756. The molecule has 1 aliphatic carbocycles. The highest BCUT2D eigenvalue weighted by molar-refractivity contribution is 8.02. The Labute approximate surface area is 136 Å². The number of hydrogen-bond donors (Lipinski definition) is 0. The maximum atomic E-state index is 2.40. The predicted molar refractivity (Wildman–Crippen MR) is 94.9 cm³/mol. The molecule has 2 aromatic carbocycles. The molecule has 0 saturated heterocycles. The van der Waals surface area contributed by atoms with Gasteiger partial charge >= 0.3 is 0 Å². The monoisotopic (exact) mass is 312 g/mol. The summed E-state index contributed by atoms with van der Waals surface area (Å²) in [6.07, 6.45) is 3.97. The minimum Gasteiger partial charge on any atom is -0.126 e. The van der Waals surface area contributed by atoms with Gasteiger partial charge in [0.1, 0.15) is 0 Å². The Morgan fingerprint density at radius 2 is 1.57 bits per heavy atom. The van der Waals surface area contributed by atoms with Gasteiger partial charge in [-0.25, -0.2) is 0 Å². The topological polar surface area (TPSA) is 0 Å². The Balaban J connectivity index is 1.57. The van der Waals surface area contributed by atoms with E-state index in [1.165, 1.54) is 34.8 Å². The van der Waals surface area contributed by atoms with Crippen molar-refractivity contribution in [2.45, 2.75) is 29.1 Å². The van der Waals surface area contributed by atoms with Crippen molar-refractivity contribution in [1.82, 2.24) is 0 Å². The summed E-state index contributed by atoms with van der Waals surface area (Å²) in [5, 5.41) is 2.40. The van der Waals surface area contributed by atoms with Crippen LogP contribution in [-0.4, -0.2) is 5.75 Å². The zero-order valence-corrected chi connectivity index (χ0v) is 13.7. The van der Waals surface area contributed by atoms with Gasteiger partial charge in [-0.05, 0) is 54.9 Å². The van der Waals surface area contributed by atoms with Crippen LogP contribution in [0, 0.1) is 5.92 Å². The molecule has 3 rings (SSSR count). The van der Waals surface area contributed by atoms with Gasteiger partial charge in [0.15, 0.2) is 0 Å². The van der Waals surface area contributed by atoms with Gasteiger partial charge < -0.3 is 0 Å². The summed E-state index contributed by atoms with van der Waals surface area (Å²) in [7, 11) is 0. The van der Waals surface area contributed by atoms with Gasteiger partial charge in [-0.2, -0.15) is 0 Å². The number of allylic oxidation sites excluding steroid dienone is 1. The van der Waals surface area contributed by atoms with Gasteiger partial charge in [0.2, 0.25) is 0 Å². The molecule has 1 aliphatic rings. The third kappa shape index (κ3) is 4.42. The summed E-state index contributed by atoms with van der Waals surface area (Å²) in [5.74, 6) is 1.97. The normalized spacial score (nSPS) is 20.0. The first kappa shape index (κ1) is 14.8. The van der Waals surface area contributed by atoms with E-state index in [4.69, 9.17) is 0 Å². The van der Waals surface area contributed by atoms with Crippen LogP contribution in [0.4, 0.5) is 0 Å². The molecule has 0 bridgehead atoms. The lowest BCUT2D eigenvalue weighted by atomic mass is 10.1. The first-order valence-corrected chi connectivity index (χ1v) is 9.37. The van der Waals surface area contributed by atoms with E-state index in [2.05, 4.69) is 66.1 Å². The Bertz CT molecular complexity index is 575. The molecule has 0 N–H and O–H groups in total. The second kappa shape index (κ2) is 7.77. The van der Waals surface area contributed by atoms with Gasteiger partial charge in [-0.1, -0.05) is 53.7 Å². The van der Waals surface area contributed by atoms with Crippen LogP contribution in [0.3, 0.4) is 0 Å². The SMILES string of the molecule is C(/Sc1ccccc1)=C1/CCCC1CSc1ccccc1. The fourth-order valence-electron chi connectivity index (χ4n) is 2.64. The van der Waals surface area contributed by atoms with Crippen LogP contribution < -0.4 is 0 Å². The van der Waals surface area contributed by atoms with Crippen LogP contribution in [0.2, 0.25) is 0 Å². The zero-order valence-electron chi connectivity index (χ0n) is 12.1. The summed E-state index contributed by atoms with van der Waals surface area (Å²) in [5.41, 5.74) is 1.65. The third-order valence-corrected chi connectivity index (χ3v) is 5.97. The van der Waals surface area contributed by atoms with Crippen LogP contribution in [0.5, 0.6) is 0 Å². The molecule has 0 amide bonds. The van der Waals surface area contributed by atoms with Crippen molar-refractivity contribution >= 4 is 23.5 Å². The molecule has 0 nitrogen and oxygen atoms in total. The number of hydrogen-bond acceptors (Lipinski definition) is 2. The van der Waals surface area contributed by atoms with Crippen molar-refractivity contribution in [3.05, 3.63) is 71.6 Å². The maximum absolute atomic E-state index is 2.40. The molecule has 2 aromatic rings. The second-order valence-corrected chi connectivity index (χ2v) is 7.37. The molecule has 1 unspecified atom stereocenters. The molecule has 0 radical (unpaired) electrons. The average Bonchev–Trinajstić information content (AvgIpc) is 3.00. The molecule has 0 aliphatic heterocycles. The van der Waals surface area contributed by atoms with Crippen molar-refractivity contribution in [2.75, 3.05) is 5.75 Å². The van der Waals surface area contributed by atoms with Crippen LogP contribution in [0.15, 0.2) is 81.4 Å². The third-order valence-electron chi connectivity index (χ3n) is 3.83. The maximum Gasteiger partial charge on any atom is 0.0116 e. The van der Waals surface area contributed by atoms with Gasteiger partial charge in [0, 0.05) is 15.5 Å². The van der Waals surface area contributed by atoms with E-state index in [1.807, 2.05) is 23.5 Å². The van der Waals surface area contributed by atoms with Crippen LogP contribution in [0.1, 0.15) is 19.3 Å². The molecule has 21 heavy (non-hydrogen) atoms. The molecule has 0 aromatic heterocycles. The van der Waals surface area contributed by atoms with Gasteiger partial charge in [0.25, 0.3) is 0 Å². The van der Waals surface area contributed by atoms with Crippen LogP contribution in [0.25, 0.3) is 0 Å². The van der Waals surface area contributed by atoms with E-state index in [0.29, 0.717) is 0 Å². The highest BCUT2D eigenvalue weighted by Gasteiger charge is 2.20. The van der Waals surface area contributed by atoms with Gasteiger partial charge in [-0.15, -0.1) is 11.8 Å². The van der Waals surface area contributed by atoms with Crippen molar-refractivity contribution in [1.29, 1.82) is 0 Å². The molecular formula is C19H20S2. The highest BCUT2D eigenvalue weighted by Crippen LogP contribution is 2.37. The number of benzene rings is 2. The van der Waals surface area contributed by atoms with E-state index in [1.54, 1.807) is 5.57 Å². The van der Waals surface area contributed by atoms with E-state index in [-0.39, 0.29) is 0 Å². The first-order chi connectivity index (χ1) is 10.4. The Morgan fingerprint density at radius 1 is 0.905 bits per heavy atom. The van der Waals surface area contributed by atoms with Crippen LogP contribution >= 0.6 is 23.5 Å². The standard InChI is InChI=1S/C19H20S2/c1-3-10-18(11-4-1)20-14-16-8-7-9-17(16)15-21-19-12-5-2-6-13-19/h1-6,10-14,17H,7-9,15H2/b16-14+. The molecule has 0 heterocycles. The van der Waals surface area contributed by atoms with Crippen LogP contribution in [-0.2, 0) is 0 Å². The fourth-order valence-corrected chi connectivity index (χ4v) is 4.68. The fraction of sp³-hybridized carbons (Fsp3) is 0.263. The quantitative estimate of drug-likeness (QED) is 0.598.